The Labute approximate surface area is 182 Å². The molecule has 162 valence electrons. The Hall–Kier alpha value is -3.15. The molecule has 3 aromatic rings. The van der Waals surface area contributed by atoms with Crippen LogP contribution >= 0.6 is 0 Å². The normalized spacial score (nSPS) is 14.6. The van der Waals surface area contributed by atoms with Crippen LogP contribution in [0.15, 0.2) is 54.7 Å². The van der Waals surface area contributed by atoms with Crippen LogP contribution in [0.1, 0.15) is 44.3 Å². The lowest BCUT2D eigenvalue weighted by molar-refractivity contribution is 0.0912. The van der Waals surface area contributed by atoms with Gasteiger partial charge in [0.1, 0.15) is 11.6 Å². The van der Waals surface area contributed by atoms with Gasteiger partial charge in [0.15, 0.2) is 0 Å². The van der Waals surface area contributed by atoms with Crippen LogP contribution in [0.4, 0.5) is 9.18 Å². The average molecular weight is 422 g/mol. The monoisotopic (exact) mass is 421 g/mol. The molecule has 4 rings (SSSR count). The minimum Gasteiger partial charge on any atom is -0.449 e. The first-order valence-electron chi connectivity index (χ1n) is 11.0. The summed E-state index contributed by atoms with van der Waals surface area (Å²) in [5.41, 5.74) is 4.06. The molecule has 0 bridgehead atoms. The summed E-state index contributed by atoms with van der Waals surface area (Å²) in [6.07, 6.45) is 5.34. The van der Waals surface area contributed by atoms with Gasteiger partial charge in [-0.15, -0.1) is 0 Å². The quantitative estimate of drug-likeness (QED) is 0.497. The van der Waals surface area contributed by atoms with Gasteiger partial charge in [0.05, 0.1) is 18.5 Å². The van der Waals surface area contributed by atoms with Crippen molar-refractivity contribution in [3.05, 3.63) is 66.4 Å². The Balaban J connectivity index is 1.35. The molecule has 31 heavy (non-hydrogen) atoms. The number of benzene rings is 2. The molecule has 0 saturated carbocycles. The first-order valence-corrected chi connectivity index (χ1v) is 11.0. The maximum atomic E-state index is 13.1. The van der Waals surface area contributed by atoms with E-state index in [4.69, 9.17) is 4.74 Å². The van der Waals surface area contributed by atoms with E-state index in [-0.39, 0.29) is 11.9 Å². The van der Waals surface area contributed by atoms with E-state index >= 15 is 0 Å². The first-order chi connectivity index (χ1) is 15.1. The second-order valence-electron chi connectivity index (χ2n) is 8.00. The Morgan fingerprint density at radius 2 is 1.68 bits per heavy atom. The zero-order valence-electron chi connectivity index (χ0n) is 17.8. The Bertz CT molecular complexity index is 990. The van der Waals surface area contributed by atoms with E-state index < -0.39 is 0 Å². The third-order valence-corrected chi connectivity index (χ3v) is 5.83. The maximum Gasteiger partial charge on any atom is 0.409 e. The number of aromatic amines is 1. The number of rotatable bonds is 6. The number of hydrogen-bond donors (Lipinski definition) is 1. The largest absolute Gasteiger partial charge is 0.449 e. The summed E-state index contributed by atoms with van der Waals surface area (Å²) >= 11 is 0. The van der Waals surface area contributed by atoms with Gasteiger partial charge in [-0.2, -0.15) is 0 Å². The minimum atomic E-state index is -0.232. The Kier molecular flexibility index (Phi) is 6.65. The summed E-state index contributed by atoms with van der Waals surface area (Å²) in [5, 5.41) is 0. The summed E-state index contributed by atoms with van der Waals surface area (Å²) in [7, 11) is 0. The predicted octanol–water partition coefficient (Wildman–Crippen LogP) is 6.00. The fourth-order valence-corrected chi connectivity index (χ4v) is 3.91. The summed E-state index contributed by atoms with van der Waals surface area (Å²) in [6.45, 7) is 3.96. The number of hydrogen-bond acceptors (Lipinski definition) is 3. The number of aromatic nitrogens is 2. The van der Waals surface area contributed by atoms with E-state index in [0.29, 0.717) is 25.6 Å². The van der Waals surface area contributed by atoms with Crippen LogP contribution in [-0.2, 0) is 4.74 Å². The van der Waals surface area contributed by atoms with Crippen LogP contribution in [0, 0.1) is 5.82 Å². The van der Waals surface area contributed by atoms with Crippen LogP contribution in [0.25, 0.3) is 22.4 Å². The number of H-pyrrole nitrogens is 1. The summed E-state index contributed by atoms with van der Waals surface area (Å²) in [4.78, 5) is 22.0. The standard InChI is InChI=1S/C25H28FN3O2/c1-2-3-16-31-25(30)29-14-12-21(13-15-29)24-27-17-23(28-24)20-6-4-18(5-7-20)19-8-10-22(26)11-9-19/h4-11,17,21H,2-3,12-16H2,1H3,(H,27,28). The molecule has 0 atom stereocenters. The number of piperidine rings is 1. The molecule has 5 nitrogen and oxygen atoms in total. The van der Waals surface area contributed by atoms with Crippen LogP contribution in [0.5, 0.6) is 0 Å². The average Bonchev–Trinajstić information content (AvgIpc) is 3.30. The zero-order chi connectivity index (χ0) is 21.6. The number of imidazole rings is 1. The molecule has 1 aliphatic heterocycles. The molecule has 1 N–H and O–H groups in total. The van der Waals surface area contributed by atoms with E-state index in [1.54, 1.807) is 17.0 Å². The molecule has 1 aromatic heterocycles. The maximum absolute atomic E-state index is 13.1. The molecule has 2 heterocycles. The fraction of sp³-hybridized carbons (Fsp3) is 0.360. The van der Waals surface area contributed by atoms with Crippen molar-refractivity contribution in [1.82, 2.24) is 14.9 Å². The van der Waals surface area contributed by atoms with Gasteiger partial charge in [-0.25, -0.2) is 14.2 Å². The third-order valence-electron chi connectivity index (χ3n) is 5.83. The molecule has 2 aromatic carbocycles. The summed E-state index contributed by atoms with van der Waals surface area (Å²) < 4.78 is 18.4. The highest BCUT2D eigenvalue weighted by molar-refractivity contribution is 5.69. The molecule has 0 radical (unpaired) electrons. The number of carbonyl (C=O) groups excluding carboxylic acids is 1. The molecule has 1 saturated heterocycles. The number of halogens is 1. The molecular weight excluding hydrogens is 393 g/mol. The molecule has 0 spiro atoms. The topological polar surface area (TPSA) is 58.2 Å². The van der Waals surface area contributed by atoms with E-state index in [0.717, 1.165) is 53.9 Å². The molecule has 1 amide bonds. The number of likely N-dealkylation sites (tertiary alicyclic amines) is 1. The van der Waals surface area contributed by atoms with Gasteiger partial charge in [-0.1, -0.05) is 49.7 Å². The van der Waals surface area contributed by atoms with Crippen LogP contribution in [0.3, 0.4) is 0 Å². The first kappa shape index (κ1) is 21.1. The number of ether oxygens (including phenoxy) is 1. The number of nitrogens with one attached hydrogen (secondary N) is 1. The minimum absolute atomic E-state index is 0.201. The molecule has 0 unspecified atom stereocenters. The number of nitrogens with zero attached hydrogens (tertiary/aromatic N) is 2. The molecule has 6 heteroatoms. The second kappa shape index (κ2) is 9.77. The van der Waals surface area contributed by atoms with Gasteiger partial charge in [0.25, 0.3) is 0 Å². The fourth-order valence-electron chi connectivity index (χ4n) is 3.91. The van der Waals surface area contributed by atoms with E-state index in [1.807, 2.05) is 30.5 Å². The van der Waals surface area contributed by atoms with Gasteiger partial charge in [0, 0.05) is 19.0 Å². The molecule has 1 aliphatic rings. The van der Waals surface area contributed by atoms with E-state index in [2.05, 4.69) is 16.9 Å². The van der Waals surface area contributed by atoms with Gasteiger partial charge in [-0.3, -0.25) is 0 Å². The number of amides is 1. The van der Waals surface area contributed by atoms with Crippen LogP contribution in [-0.4, -0.2) is 40.7 Å². The van der Waals surface area contributed by atoms with Gasteiger partial charge >= 0.3 is 6.09 Å². The van der Waals surface area contributed by atoms with E-state index in [9.17, 15) is 9.18 Å². The van der Waals surface area contributed by atoms with Crippen LogP contribution < -0.4 is 0 Å². The van der Waals surface area contributed by atoms with Gasteiger partial charge in [-0.05, 0) is 48.1 Å². The predicted molar refractivity (Wildman–Crippen MR) is 119 cm³/mol. The van der Waals surface area contributed by atoms with Crippen molar-refractivity contribution in [2.75, 3.05) is 19.7 Å². The Morgan fingerprint density at radius 1 is 1.06 bits per heavy atom. The van der Waals surface area contributed by atoms with Crippen LogP contribution in [0.2, 0.25) is 0 Å². The lowest BCUT2D eigenvalue weighted by atomic mass is 9.96. The molecule has 0 aliphatic carbocycles. The van der Waals surface area contributed by atoms with Crippen molar-refractivity contribution in [3.63, 3.8) is 0 Å². The van der Waals surface area contributed by atoms with Gasteiger partial charge in [0.2, 0.25) is 0 Å². The SMILES string of the molecule is CCCCOC(=O)N1CCC(c2ncc(-c3ccc(-c4ccc(F)cc4)cc3)[nH]2)CC1. The van der Waals surface area contributed by atoms with Crippen molar-refractivity contribution in [1.29, 1.82) is 0 Å². The highest BCUT2D eigenvalue weighted by Gasteiger charge is 2.26. The van der Waals surface area contributed by atoms with Crippen molar-refractivity contribution in [2.24, 2.45) is 0 Å². The van der Waals surface area contributed by atoms with Gasteiger partial charge < -0.3 is 14.6 Å². The third kappa shape index (κ3) is 5.13. The highest BCUT2D eigenvalue weighted by Crippen LogP contribution is 2.29. The van der Waals surface area contributed by atoms with Crippen molar-refractivity contribution < 1.29 is 13.9 Å². The van der Waals surface area contributed by atoms with Crippen molar-refractivity contribution in [2.45, 2.75) is 38.5 Å². The highest BCUT2D eigenvalue weighted by atomic mass is 19.1. The summed E-state index contributed by atoms with van der Waals surface area (Å²) in [5.74, 6) is 1.05. The smallest absolute Gasteiger partial charge is 0.409 e. The lowest BCUT2D eigenvalue weighted by Crippen LogP contribution is -2.38. The zero-order valence-corrected chi connectivity index (χ0v) is 17.8. The number of unbranched alkanes of at least 4 members (excludes halogenated alkanes) is 1. The summed E-state index contributed by atoms with van der Waals surface area (Å²) in [6, 6.07) is 14.7. The van der Waals surface area contributed by atoms with E-state index in [1.165, 1.54) is 12.1 Å². The number of carbonyl (C=O) groups is 1. The van der Waals surface area contributed by atoms with Crippen molar-refractivity contribution in [3.8, 4) is 22.4 Å². The lowest BCUT2D eigenvalue weighted by Gasteiger charge is -2.30. The second-order valence-corrected chi connectivity index (χ2v) is 8.00. The van der Waals surface area contributed by atoms with Crippen molar-refractivity contribution >= 4 is 6.09 Å². The Morgan fingerprint density at radius 3 is 2.32 bits per heavy atom. The molecular formula is C25H28FN3O2. The molecule has 1 fully saturated rings.